The monoisotopic (exact) mass is 407 g/mol. The van der Waals surface area contributed by atoms with Crippen LogP contribution in [-0.2, 0) is 16.1 Å². The van der Waals surface area contributed by atoms with Gasteiger partial charge in [0.2, 0.25) is 5.91 Å². The highest BCUT2D eigenvalue weighted by Crippen LogP contribution is 2.68. The number of nitrogens with zero attached hydrogens (tertiary/aromatic N) is 2. The van der Waals surface area contributed by atoms with Gasteiger partial charge in [0.05, 0.1) is 17.1 Å². The lowest BCUT2D eigenvalue weighted by atomic mass is 9.95. The number of H-pyrrole nitrogens is 1. The Morgan fingerprint density at radius 3 is 2.73 bits per heavy atom. The molecule has 1 amide bonds. The van der Waals surface area contributed by atoms with Crippen molar-refractivity contribution in [3.05, 3.63) is 66.0 Å². The highest BCUT2D eigenvalue weighted by molar-refractivity contribution is 5.78. The Bertz CT molecular complexity index is 1020. The molecule has 156 valence electrons. The molecule has 5 rings (SSSR count). The lowest BCUT2D eigenvalue weighted by Crippen LogP contribution is -2.33. The number of likely N-dealkylation sites (tertiary alicyclic amines) is 1. The van der Waals surface area contributed by atoms with E-state index in [-0.39, 0.29) is 44.1 Å². The summed E-state index contributed by atoms with van der Waals surface area (Å²) < 4.78 is 5.60. The van der Waals surface area contributed by atoms with Crippen molar-refractivity contribution in [2.45, 2.75) is 18.6 Å². The predicted molar refractivity (Wildman–Crippen MR) is 111 cm³/mol. The fourth-order valence-corrected chi connectivity index (χ4v) is 5.16. The fourth-order valence-electron chi connectivity index (χ4n) is 5.16. The Hall–Kier alpha value is -2.74. The molecule has 1 aliphatic heterocycles. The number of rotatable bonds is 6. The summed E-state index contributed by atoms with van der Waals surface area (Å²) in [4.78, 5) is 22.0. The summed E-state index contributed by atoms with van der Waals surface area (Å²) in [6, 6.07) is 17.6. The summed E-state index contributed by atoms with van der Waals surface area (Å²) in [5.74, 6) is 0.545. The summed E-state index contributed by atoms with van der Waals surface area (Å²) >= 11 is 0. The Morgan fingerprint density at radius 2 is 1.97 bits per heavy atom. The molecule has 2 fully saturated rings. The molecule has 1 spiro atoms. The first-order chi connectivity index (χ1) is 14.6. The number of para-hydroxylation sites is 2. The number of β-amino-alcohol motifs (C(OH)–C–C–N with tert-alkyl or cyclic N) is 1. The number of carbonyl (C=O) groups is 1. The summed E-state index contributed by atoms with van der Waals surface area (Å²) in [6.07, 6.45) is -0.654. The van der Waals surface area contributed by atoms with Crippen LogP contribution in [0.5, 0.6) is 0 Å². The standard InChI is InChI=1S/C23H25N3O4/c27-11-16-22(15-6-2-1-3-7-15)23(16)14-26(10-19(23)28)21(29)13-30-12-20-24-17-8-4-5-9-18(17)25-20/h1-9,16,19,22,27-28H,10-14H2,(H,24,25)/t16-,19-,22-,23-/m1/s1. The van der Waals surface area contributed by atoms with Gasteiger partial charge < -0.3 is 24.8 Å². The Morgan fingerprint density at radius 1 is 1.20 bits per heavy atom. The first kappa shape index (κ1) is 19.2. The molecule has 2 aromatic carbocycles. The molecule has 2 heterocycles. The van der Waals surface area contributed by atoms with E-state index in [9.17, 15) is 15.0 Å². The lowest BCUT2D eigenvalue weighted by molar-refractivity contribution is -0.136. The molecule has 1 aromatic heterocycles. The van der Waals surface area contributed by atoms with E-state index in [0.717, 1.165) is 16.6 Å². The van der Waals surface area contributed by atoms with Gasteiger partial charge in [-0.2, -0.15) is 0 Å². The summed E-state index contributed by atoms with van der Waals surface area (Å²) in [6.45, 7) is 0.854. The Labute approximate surface area is 174 Å². The van der Waals surface area contributed by atoms with Crippen molar-refractivity contribution in [1.29, 1.82) is 0 Å². The number of imidazole rings is 1. The minimum atomic E-state index is -0.654. The summed E-state index contributed by atoms with van der Waals surface area (Å²) in [5.41, 5.74) is 2.43. The number of aliphatic hydroxyl groups excluding tert-OH is 2. The highest BCUT2D eigenvalue weighted by atomic mass is 16.5. The van der Waals surface area contributed by atoms with Gasteiger partial charge in [-0.25, -0.2) is 4.98 Å². The molecule has 1 saturated heterocycles. The van der Waals surface area contributed by atoms with Crippen LogP contribution < -0.4 is 0 Å². The van der Waals surface area contributed by atoms with Crippen LogP contribution in [0.15, 0.2) is 54.6 Å². The number of carbonyl (C=O) groups excluding carboxylic acids is 1. The van der Waals surface area contributed by atoms with E-state index in [4.69, 9.17) is 4.74 Å². The maximum atomic E-state index is 12.7. The quantitative estimate of drug-likeness (QED) is 0.577. The van der Waals surface area contributed by atoms with E-state index in [1.165, 1.54) is 0 Å². The number of aliphatic hydroxyl groups is 2. The second-order valence-electron chi connectivity index (χ2n) is 8.27. The van der Waals surface area contributed by atoms with E-state index >= 15 is 0 Å². The number of hydrogen-bond donors (Lipinski definition) is 3. The number of benzene rings is 2. The van der Waals surface area contributed by atoms with Crippen LogP contribution in [0.4, 0.5) is 0 Å². The van der Waals surface area contributed by atoms with Gasteiger partial charge in [0.25, 0.3) is 0 Å². The maximum absolute atomic E-state index is 12.7. The molecule has 30 heavy (non-hydrogen) atoms. The van der Waals surface area contributed by atoms with Crippen molar-refractivity contribution >= 4 is 16.9 Å². The molecule has 3 aromatic rings. The third-order valence-corrected chi connectivity index (χ3v) is 6.65. The van der Waals surface area contributed by atoms with Gasteiger partial charge in [0.1, 0.15) is 19.0 Å². The number of nitrogens with one attached hydrogen (secondary N) is 1. The highest BCUT2D eigenvalue weighted by Gasteiger charge is 2.71. The molecule has 4 atom stereocenters. The molecule has 3 N–H and O–H groups in total. The van der Waals surface area contributed by atoms with Crippen LogP contribution in [0.3, 0.4) is 0 Å². The second kappa shape index (κ2) is 7.50. The van der Waals surface area contributed by atoms with Crippen LogP contribution in [-0.4, -0.2) is 63.4 Å². The van der Waals surface area contributed by atoms with Gasteiger partial charge >= 0.3 is 0 Å². The van der Waals surface area contributed by atoms with Gasteiger partial charge in [-0.05, 0) is 29.5 Å². The average Bonchev–Trinajstić information content (AvgIpc) is 3.02. The third-order valence-electron chi connectivity index (χ3n) is 6.65. The van der Waals surface area contributed by atoms with Crippen molar-refractivity contribution in [2.75, 3.05) is 26.3 Å². The van der Waals surface area contributed by atoms with Gasteiger partial charge in [-0.15, -0.1) is 0 Å². The van der Waals surface area contributed by atoms with Crippen LogP contribution in [0.25, 0.3) is 11.0 Å². The maximum Gasteiger partial charge on any atom is 0.248 e. The fraction of sp³-hybridized carbons (Fsp3) is 0.391. The summed E-state index contributed by atoms with van der Waals surface area (Å²) in [7, 11) is 0. The zero-order valence-electron chi connectivity index (χ0n) is 16.6. The third kappa shape index (κ3) is 3.10. The van der Waals surface area contributed by atoms with E-state index in [1.807, 2.05) is 54.6 Å². The molecule has 7 heteroatoms. The molecule has 0 radical (unpaired) electrons. The second-order valence-corrected chi connectivity index (χ2v) is 8.27. The predicted octanol–water partition coefficient (Wildman–Crippen LogP) is 1.67. The van der Waals surface area contributed by atoms with Crippen molar-refractivity contribution in [3.8, 4) is 0 Å². The van der Waals surface area contributed by atoms with Crippen molar-refractivity contribution in [3.63, 3.8) is 0 Å². The average molecular weight is 407 g/mol. The van der Waals surface area contributed by atoms with Crippen molar-refractivity contribution < 1.29 is 19.7 Å². The minimum absolute atomic E-state index is 0.00119. The van der Waals surface area contributed by atoms with Gasteiger partial charge in [0, 0.05) is 25.1 Å². The first-order valence-electron chi connectivity index (χ1n) is 10.3. The van der Waals surface area contributed by atoms with Gasteiger partial charge in [0.15, 0.2) is 0 Å². The number of aromatic amines is 1. The Balaban J connectivity index is 1.21. The number of hydrogen-bond acceptors (Lipinski definition) is 5. The van der Waals surface area contributed by atoms with Gasteiger partial charge in [-0.3, -0.25) is 4.79 Å². The SMILES string of the molecule is O=C(COCc1nc2ccccc2[nH]1)N1C[C@@H](O)[C@@]2(C1)[C@H](CO)[C@H]2c1ccccc1. The molecule has 1 aliphatic carbocycles. The van der Waals surface area contributed by atoms with E-state index < -0.39 is 11.5 Å². The molecule has 7 nitrogen and oxygen atoms in total. The largest absolute Gasteiger partial charge is 0.396 e. The molecule has 2 aliphatic rings. The normalized spacial score (nSPS) is 27.8. The topological polar surface area (TPSA) is 98.7 Å². The zero-order valence-corrected chi connectivity index (χ0v) is 16.6. The number of fused-ring (bicyclic) bond motifs is 1. The summed E-state index contributed by atoms with van der Waals surface area (Å²) in [5, 5.41) is 20.7. The van der Waals surface area contributed by atoms with Crippen LogP contribution in [0.2, 0.25) is 0 Å². The molecule has 1 saturated carbocycles. The van der Waals surface area contributed by atoms with Crippen LogP contribution >= 0.6 is 0 Å². The molecular formula is C23H25N3O4. The first-order valence-corrected chi connectivity index (χ1v) is 10.3. The number of aromatic nitrogens is 2. The minimum Gasteiger partial charge on any atom is -0.396 e. The Kier molecular flexibility index (Phi) is 4.81. The number of amides is 1. The molecular weight excluding hydrogens is 382 g/mol. The van der Waals surface area contributed by atoms with Crippen LogP contribution in [0, 0.1) is 11.3 Å². The van der Waals surface area contributed by atoms with Crippen molar-refractivity contribution in [1.82, 2.24) is 14.9 Å². The van der Waals surface area contributed by atoms with Crippen LogP contribution in [0.1, 0.15) is 17.3 Å². The van der Waals surface area contributed by atoms with E-state index in [0.29, 0.717) is 12.4 Å². The number of ether oxygens (including phenoxy) is 1. The zero-order chi connectivity index (χ0) is 20.7. The lowest BCUT2D eigenvalue weighted by Gasteiger charge is -2.16. The molecule has 0 bridgehead atoms. The van der Waals surface area contributed by atoms with E-state index in [2.05, 4.69) is 9.97 Å². The molecule has 0 unspecified atom stereocenters. The smallest absolute Gasteiger partial charge is 0.248 e. The van der Waals surface area contributed by atoms with Gasteiger partial charge in [-0.1, -0.05) is 42.5 Å². The van der Waals surface area contributed by atoms with Crippen molar-refractivity contribution in [2.24, 2.45) is 11.3 Å². The van der Waals surface area contributed by atoms with E-state index in [1.54, 1.807) is 4.90 Å².